The van der Waals surface area contributed by atoms with Gasteiger partial charge >= 0.3 is 0 Å². The average Bonchev–Trinajstić information content (AvgIpc) is 3.74. The van der Waals surface area contributed by atoms with E-state index in [4.69, 9.17) is 14.2 Å². The van der Waals surface area contributed by atoms with E-state index in [0.29, 0.717) is 66.4 Å². The Hall–Kier alpha value is -3.95. The predicted molar refractivity (Wildman–Crippen MR) is 217 cm³/mol. The first-order chi connectivity index (χ1) is 26.5. The lowest BCUT2D eigenvalue weighted by Crippen LogP contribution is -2.72. The van der Waals surface area contributed by atoms with Crippen LogP contribution in [-0.4, -0.2) is 87.0 Å². The summed E-state index contributed by atoms with van der Waals surface area (Å²) in [4.78, 5) is 48.3. The highest BCUT2D eigenvalue weighted by molar-refractivity contribution is 6.19. The third-order valence-electron chi connectivity index (χ3n) is 13.9. The third-order valence-corrected chi connectivity index (χ3v) is 13.9. The molecule has 1 aromatic rings. The van der Waals surface area contributed by atoms with Gasteiger partial charge in [-0.2, -0.15) is 0 Å². The van der Waals surface area contributed by atoms with Gasteiger partial charge in [-0.25, -0.2) is 0 Å². The van der Waals surface area contributed by atoms with E-state index in [0.717, 1.165) is 25.1 Å². The minimum Gasteiger partial charge on any atom is -0.506 e. The van der Waals surface area contributed by atoms with Gasteiger partial charge in [0.1, 0.15) is 28.4 Å². The molecule has 5 atom stereocenters. The molecule has 8 aliphatic rings. The highest BCUT2D eigenvalue weighted by Crippen LogP contribution is 2.68. The van der Waals surface area contributed by atoms with Gasteiger partial charge in [0.25, 0.3) is 0 Å². The summed E-state index contributed by atoms with van der Waals surface area (Å²) in [6, 6.07) is 0.631. The molecule has 2 saturated carbocycles. The lowest BCUT2D eigenvalue weighted by Gasteiger charge is -2.56. The number of rotatable bonds is 9. The Bertz CT molecular complexity index is 2010. The number of carbonyl (C=O) groups excluding carboxylic acids is 3. The van der Waals surface area contributed by atoms with Crippen molar-refractivity contribution in [1.29, 1.82) is 0 Å². The SMILES string of the molecule is CC(C)=CCCC1(C)C=Cc2c(O)c3c(c(CC=C(C)C)c2O1)OC12C(=CC4CC1C(C)(C)OC2(CC=C(C)C(=O)N1CCN(C2CCCC2)CC1)C4=O)C3=O. The topological polar surface area (TPSA) is 106 Å². The zero-order valence-electron chi connectivity index (χ0n) is 34.7. The first kappa shape index (κ1) is 38.9. The van der Waals surface area contributed by atoms with Crippen molar-refractivity contribution >= 4 is 23.5 Å². The van der Waals surface area contributed by atoms with E-state index in [-0.39, 0.29) is 46.9 Å². The number of nitrogens with zero attached hydrogens (tertiary/aromatic N) is 2. The second-order valence-corrected chi connectivity index (χ2v) is 18.7. The number of hydrogen-bond donors (Lipinski definition) is 1. The number of carbonyl (C=O) groups is 3. The zero-order chi connectivity index (χ0) is 39.9. The Morgan fingerprint density at radius 3 is 2.30 bits per heavy atom. The molecule has 4 fully saturated rings. The molecule has 0 radical (unpaired) electrons. The fraction of sp³-hybridized carbons (Fsp3) is 0.596. The molecule has 1 N–H and O–H groups in total. The number of aromatic hydroxyl groups is 1. The van der Waals surface area contributed by atoms with Crippen molar-refractivity contribution in [2.75, 3.05) is 26.2 Å². The molecule has 9 nitrogen and oxygen atoms in total. The number of fused-ring (bicyclic) bond motifs is 2. The second-order valence-electron chi connectivity index (χ2n) is 18.7. The number of ether oxygens (including phenoxy) is 3. The second kappa shape index (κ2) is 13.9. The molecule has 1 amide bonds. The summed E-state index contributed by atoms with van der Waals surface area (Å²) in [5.74, 6) is -0.827. The largest absolute Gasteiger partial charge is 0.506 e. The molecule has 1 spiro atoms. The molecule has 9 heteroatoms. The van der Waals surface area contributed by atoms with Gasteiger partial charge in [-0.05, 0) is 106 Å². The summed E-state index contributed by atoms with van der Waals surface area (Å²) in [5, 5.41) is 12.0. The monoisotopic (exact) mass is 764 g/mol. The first-order valence-electron chi connectivity index (χ1n) is 21.0. The maximum Gasteiger partial charge on any atom is 0.249 e. The van der Waals surface area contributed by atoms with Crippen LogP contribution in [0.15, 0.2) is 52.7 Å². The van der Waals surface area contributed by atoms with Gasteiger partial charge in [-0.1, -0.05) is 48.3 Å². The summed E-state index contributed by atoms with van der Waals surface area (Å²) in [7, 11) is 0. The van der Waals surface area contributed by atoms with Gasteiger partial charge in [0, 0.05) is 67.2 Å². The summed E-state index contributed by atoms with van der Waals surface area (Å²) in [6.07, 6.45) is 19.3. The average molecular weight is 765 g/mol. The molecule has 5 unspecified atom stereocenters. The minimum atomic E-state index is -1.55. The fourth-order valence-corrected chi connectivity index (χ4v) is 11.0. The van der Waals surface area contributed by atoms with E-state index < -0.39 is 28.3 Å². The Labute approximate surface area is 332 Å². The quantitative estimate of drug-likeness (QED) is 0.198. The van der Waals surface area contributed by atoms with Crippen molar-refractivity contribution in [2.45, 2.75) is 142 Å². The van der Waals surface area contributed by atoms with Crippen molar-refractivity contribution in [2.24, 2.45) is 11.8 Å². The van der Waals surface area contributed by atoms with Gasteiger partial charge in [0.2, 0.25) is 5.91 Å². The van der Waals surface area contributed by atoms with Crippen LogP contribution in [0.3, 0.4) is 0 Å². The number of Topliss-reactive ketones (excluding diaryl/α,β-unsaturated/α-hetero) is 2. The maximum absolute atomic E-state index is 15.1. The Balaban J connectivity index is 1.19. The van der Waals surface area contributed by atoms with Crippen LogP contribution in [0.25, 0.3) is 6.08 Å². The highest BCUT2D eigenvalue weighted by Gasteiger charge is 2.81. The Morgan fingerprint density at radius 1 is 0.929 bits per heavy atom. The molecule has 0 aromatic heterocycles. The normalized spacial score (nSPS) is 31.6. The summed E-state index contributed by atoms with van der Waals surface area (Å²) in [5.41, 5.74) is -0.0392. The van der Waals surface area contributed by atoms with Crippen LogP contribution < -0.4 is 9.47 Å². The van der Waals surface area contributed by atoms with Crippen LogP contribution in [-0.2, 0) is 20.7 Å². The minimum absolute atomic E-state index is 0.0349. The van der Waals surface area contributed by atoms with E-state index in [1.807, 2.05) is 64.7 Å². The predicted octanol–water partition coefficient (Wildman–Crippen LogP) is 8.24. The van der Waals surface area contributed by atoms with E-state index in [1.54, 1.807) is 6.08 Å². The zero-order valence-corrected chi connectivity index (χ0v) is 34.7. The molecule has 9 rings (SSSR count). The molecule has 1 aromatic carbocycles. The van der Waals surface area contributed by atoms with Crippen LogP contribution in [0.1, 0.15) is 128 Å². The van der Waals surface area contributed by atoms with E-state index in [2.05, 4.69) is 30.9 Å². The fourth-order valence-electron chi connectivity index (χ4n) is 11.0. The Kier molecular flexibility index (Phi) is 9.63. The number of piperazine rings is 1. The molecule has 4 aliphatic heterocycles. The molecule has 4 heterocycles. The van der Waals surface area contributed by atoms with Crippen molar-refractivity contribution < 1.29 is 33.7 Å². The summed E-state index contributed by atoms with van der Waals surface area (Å²) < 4.78 is 21.2. The van der Waals surface area contributed by atoms with Crippen LogP contribution >= 0.6 is 0 Å². The number of allylic oxidation sites excluding steroid dienone is 5. The lowest BCUT2D eigenvalue weighted by atomic mass is 9.51. The number of hydrogen-bond acceptors (Lipinski definition) is 8. The van der Waals surface area contributed by atoms with Crippen molar-refractivity contribution in [3.05, 3.63) is 69.4 Å². The van der Waals surface area contributed by atoms with Crippen molar-refractivity contribution in [3.63, 3.8) is 0 Å². The van der Waals surface area contributed by atoms with Crippen LogP contribution in [0.4, 0.5) is 0 Å². The maximum atomic E-state index is 15.1. The number of ketones is 2. The molecular weight excluding hydrogens is 705 g/mol. The molecule has 2 saturated heterocycles. The van der Waals surface area contributed by atoms with E-state index in [1.165, 1.54) is 31.3 Å². The van der Waals surface area contributed by atoms with Gasteiger partial charge < -0.3 is 24.2 Å². The third kappa shape index (κ3) is 5.97. The molecule has 56 heavy (non-hydrogen) atoms. The smallest absolute Gasteiger partial charge is 0.249 e. The number of benzene rings is 1. The number of phenols is 1. The van der Waals surface area contributed by atoms with Crippen LogP contribution in [0.2, 0.25) is 0 Å². The van der Waals surface area contributed by atoms with E-state index in [9.17, 15) is 14.7 Å². The van der Waals surface area contributed by atoms with Crippen molar-refractivity contribution in [1.82, 2.24) is 9.80 Å². The number of phenolic OH excluding ortho intramolecular Hbond substituents is 1. The van der Waals surface area contributed by atoms with Gasteiger partial charge in [-0.15, -0.1) is 0 Å². The van der Waals surface area contributed by atoms with Crippen molar-refractivity contribution in [3.8, 4) is 17.2 Å². The van der Waals surface area contributed by atoms with Gasteiger partial charge in [-0.3, -0.25) is 19.3 Å². The standard InChI is InChI=1S/C47H60N2O7/c1-28(2)12-11-19-45(8)20-18-33-38(50)37-39(51)35-26-31-27-36-44(6,7)56-46(42(31)52,47(35,36)55-41(37)34(40(33)54-45)16-15-29(3)4)21-17-30(5)43(53)49-24-22-48(23-25-49)32-13-9-10-14-32/h12,15,17-18,20,26,31-32,36,50H,9-11,13-14,16,19,21-25,27H2,1-8H3. The van der Waals surface area contributed by atoms with Crippen LogP contribution in [0.5, 0.6) is 17.2 Å². The van der Waals surface area contributed by atoms with E-state index >= 15 is 4.79 Å². The molecular formula is C47H60N2O7. The summed E-state index contributed by atoms with van der Waals surface area (Å²) in [6.45, 7) is 19.1. The Morgan fingerprint density at radius 2 is 1.62 bits per heavy atom. The van der Waals surface area contributed by atoms with Gasteiger partial charge in [0.05, 0.1) is 11.2 Å². The number of amides is 1. The molecule has 4 aliphatic carbocycles. The molecule has 4 bridgehead atoms. The van der Waals surface area contributed by atoms with Gasteiger partial charge in [0.15, 0.2) is 22.8 Å². The summed E-state index contributed by atoms with van der Waals surface area (Å²) >= 11 is 0. The highest BCUT2D eigenvalue weighted by atomic mass is 16.6. The molecule has 300 valence electrons. The first-order valence-corrected chi connectivity index (χ1v) is 21.0. The van der Waals surface area contributed by atoms with Crippen LogP contribution in [0, 0.1) is 11.8 Å². The lowest BCUT2D eigenvalue weighted by molar-refractivity contribution is -0.171.